The van der Waals surface area contributed by atoms with E-state index in [0.717, 1.165) is 24.2 Å². The number of hydrogen-bond donors (Lipinski definition) is 2. The summed E-state index contributed by atoms with van der Waals surface area (Å²) in [6.45, 7) is 2.46. The number of benzene rings is 1. The Hall–Kier alpha value is -0.710. The monoisotopic (exact) mass is 313 g/mol. The molecule has 1 fully saturated rings. The van der Waals surface area contributed by atoms with Gasteiger partial charge < -0.3 is 10.4 Å². The second-order valence-electron chi connectivity index (χ2n) is 5.22. The maximum absolute atomic E-state index is 12.0. The van der Waals surface area contributed by atoms with Crippen LogP contribution in [0.3, 0.4) is 0 Å². The zero-order valence-corrected chi connectivity index (χ0v) is 13.1. The maximum atomic E-state index is 12.0. The third kappa shape index (κ3) is 4.40. The van der Waals surface area contributed by atoms with E-state index in [4.69, 9.17) is 11.6 Å². The van der Waals surface area contributed by atoms with Gasteiger partial charge in [-0.1, -0.05) is 18.0 Å². The zero-order valence-electron chi connectivity index (χ0n) is 11.5. The molecule has 0 radical (unpaired) electrons. The molecule has 1 aliphatic carbocycles. The van der Waals surface area contributed by atoms with Gasteiger partial charge in [-0.15, -0.1) is 11.8 Å². The van der Waals surface area contributed by atoms with Gasteiger partial charge in [-0.05, 0) is 44.0 Å². The van der Waals surface area contributed by atoms with Crippen molar-refractivity contribution in [2.45, 2.75) is 42.4 Å². The minimum atomic E-state index is -0.255. The fraction of sp³-hybridized carbons (Fsp3) is 0.533. The number of thioether (sulfide) groups is 1. The van der Waals surface area contributed by atoms with Gasteiger partial charge in [0.15, 0.2) is 0 Å². The maximum Gasteiger partial charge on any atom is 0.233 e. The number of carbonyl (C=O) groups is 1. The van der Waals surface area contributed by atoms with Crippen molar-refractivity contribution in [3.05, 3.63) is 29.3 Å². The van der Waals surface area contributed by atoms with Crippen molar-refractivity contribution in [2.75, 3.05) is 6.54 Å². The molecular formula is C15H20ClNO2S. The quantitative estimate of drug-likeness (QED) is 0.821. The van der Waals surface area contributed by atoms with E-state index in [0.29, 0.717) is 11.6 Å². The number of rotatable bonds is 5. The van der Waals surface area contributed by atoms with Gasteiger partial charge in [0.1, 0.15) is 0 Å². The first kappa shape index (κ1) is 15.7. The SMILES string of the molecule is CC(Sc1ccc(Cl)cc1)C(=O)NCC1CCCC1O. The van der Waals surface area contributed by atoms with Crippen LogP contribution in [0.15, 0.2) is 29.2 Å². The van der Waals surface area contributed by atoms with Crippen molar-refractivity contribution in [2.24, 2.45) is 5.92 Å². The lowest BCUT2D eigenvalue weighted by molar-refractivity contribution is -0.120. The molecule has 1 aliphatic rings. The number of amides is 1. The van der Waals surface area contributed by atoms with Crippen LogP contribution >= 0.6 is 23.4 Å². The fourth-order valence-corrected chi connectivity index (χ4v) is 3.42. The molecule has 0 spiro atoms. The van der Waals surface area contributed by atoms with Crippen LogP contribution in [0.2, 0.25) is 5.02 Å². The summed E-state index contributed by atoms with van der Waals surface area (Å²) in [5.41, 5.74) is 0. The predicted octanol–water partition coefficient (Wildman–Crippen LogP) is 3.10. The first-order valence-electron chi connectivity index (χ1n) is 6.94. The van der Waals surface area contributed by atoms with Gasteiger partial charge in [0, 0.05) is 22.4 Å². The molecule has 0 bridgehead atoms. The highest BCUT2D eigenvalue weighted by atomic mass is 35.5. The van der Waals surface area contributed by atoms with Crippen molar-refractivity contribution in [3.8, 4) is 0 Å². The lowest BCUT2D eigenvalue weighted by Crippen LogP contribution is -2.36. The summed E-state index contributed by atoms with van der Waals surface area (Å²) < 4.78 is 0. The van der Waals surface area contributed by atoms with Crippen molar-refractivity contribution in [3.63, 3.8) is 0 Å². The largest absolute Gasteiger partial charge is 0.393 e. The molecule has 0 aromatic heterocycles. The van der Waals surface area contributed by atoms with E-state index in [1.165, 1.54) is 11.8 Å². The molecule has 1 saturated carbocycles. The van der Waals surface area contributed by atoms with Crippen LogP contribution in [-0.2, 0) is 4.79 Å². The lowest BCUT2D eigenvalue weighted by Gasteiger charge is -2.17. The topological polar surface area (TPSA) is 49.3 Å². The molecule has 1 aromatic rings. The second-order valence-corrected chi connectivity index (χ2v) is 7.07. The molecule has 0 aliphatic heterocycles. The normalized spacial score (nSPS) is 23.6. The van der Waals surface area contributed by atoms with E-state index < -0.39 is 0 Å². The summed E-state index contributed by atoms with van der Waals surface area (Å²) in [5.74, 6) is 0.232. The summed E-state index contributed by atoms with van der Waals surface area (Å²) in [6.07, 6.45) is 2.65. The Labute approximate surface area is 129 Å². The van der Waals surface area contributed by atoms with Crippen molar-refractivity contribution in [1.82, 2.24) is 5.32 Å². The lowest BCUT2D eigenvalue weighted by atomic mass is 10.1. The molecule has 2 rings (SSSR count). The van der Waals surface area contributed by atoms with Crippen molar-refractivity contribution in [1.29, 1.82) is 0 Å². The molecule has 20 heavy (non-hydrogen) atoms. The Morgan fingerprint density at radius 2 is 2.15 bits per heavy atom. The first-order valence-corrected chi connectivity index (χ1v) is 8.20. The Kier molecular flexibility index (Phi) is 5.75. The van der Waals surface area contributed by atoms with E-state index in [9.17, 15) is 9.90 Å². The fourth-order valence-electron chi connectivity index (χ4n) is 2.40. The van der Waals surface area contributed by atoms with Gasteiger partial charge in [0.2, 0.25) is 5.91 Å². The van der Waals surface area contributed by atoms with Crippen LogP contribution in [-0.4, -0.2) is 28.9 Å². The molecule has 2 N–H and O–H groups in total. The summed E-state index contributed by atoms with van der Waals surface area (Å²) in [7, 11) is 0. The molecule has 110 valence electrons. The van der Waals surface area contributed by atoms with Gasteiger partial charge >= 0.3 is 0 Å². The Morgan fingerprint density at radius 1 is 1.45 bits per heavy atom. The van der Waals surface area contributed by atoms with E-state index in [1.54, 1.807) is 0 Å². The van der Waals surface area contributed by atoms with Crippen LogP contribution in [0.4, 0.5) is 0 Å². The minimum Gasteiger partial charge on any atom is -0.393 e. The van der Waals surface area contributed by atoms with E-state index in [-0.39, 0.29) is 23.2 Å². The molecule has 0 saturated heterocycles. The Morgan fingerprint density at radius 3 is 2.75 bits per heavy atom. The molecular weight excluding hydrogens is 294 g/mol. The van der Waals surface area contributed by atoms with Crippen LogP contribution in [0.1, 0.15) is 26.2 Å². The van der Waals surface area contributed by atoms with E-state index in [1.807, 2.05) is 31.2 Å². The number of aliphatic hydroxyl groups excluding tert-OH is 1. The van der Waals surface area contributed by atoms with E-state index in [2.05, 4.69) is 5.32 Å². The van der Waals surface area contributed by atoms with Crippen LogP contribution in [0, 0.1) is 5.92 Å². The third-order valence-corrected chi connectivity index (χ3v) is 5.02. The highest BCUT2D eigenvalue weighted by molar-refractivity contribution is 8.00. The van der Waals surface area contributed by atoms with Gasteiger partial charge in [-0.25, -0.2) is 0 Å². The number of hydrogen-bond acceptors (Lipinski definition) is 3. The minimum absolute atomic E-state index is 0.0176. The van der Waals surface area contributed by atoms with Gasteiger partial charge in [0.05, 0.1) is 11.4 Å². The average Bonchev–Trinajstić information content (AvgIpc) is 2.84. The van der Waals surface area contributed by atoms with Crippen molar-refractivity contribution < 1.29 is 9.90 Å². The summed E-state index contributed by atoms with van der Waals surface area (Å²) in [4.78, 5) is 13.1. The predicted molar refractivity (Wildman–Crippen MR) is 83.1 cm³/mol. The summed E-state index contributed by atoms with van der Waals surface area (Å²) in [5, 5.41) is 13.2. The van der Waals surface area contributed by atoms with Crippen LogP contribution < -0.4 is 5.32 Å². The Bertz CT molecular complexity index is 452. The average molecular weight is 314 g/mol. The molecule has 5 heteroatoms. The Balaban J connectivity index is 1.78. The summed E-state index contributed by atoms with van der Waals surface area (Å²) >= 11 is 7.35. The summed E-state index contributed by atoms with van der Waals surface area (Å²) in [6, 6.07) is 7.47. The molecule has 3 nitrogen and oxygen atoms in total. The highest BCUT2D eigenvalue weighted by Gasteiger charge is 2.26. The second kappa shape index (κ2) is 7.34. The van der Waals surface area contributed by atoms with Crippen LogP contribution in [0.25, 0.3) is 0 Å². The first-order chi connectivity index (χ1) is 9.56. The van der Waals surface area contributed by atoms with Gasteiger partial charge in [0.25, 0.3) is 0 Å². The number of halogens is 1. The number of nitrogens with one attached hydrogen (secondary N) is 1. The van der Waals surface area contributed by atoms with Gasteiger partial charge in [-0.2, -0.15) is 0 Å². The van der Waals surface area contributed by atoms with E-state index >= 15 is 0 Å². The number of carbonyl (C=O) groups excluding carboxylic acids is 1. The van der Waals surface area contributed by atoms with Crippen LogP contribution in [0.5, 0.6) is 0 Å². The standard InChI is InChI=1S/C15H20ClNO2S/c1-10(20-13-7-5-12(16)6-8-13)15(19)17-9-11-3-2-4-14(11)18/h5-8,10-11,14,18H,2-4,9H2,1H3,(H,17,19). The molecule has 3 unspecified atom stereocenters. The van der Waals surface area contributed by atoms with Gasteiger partial charge in [-0.3, -0.25) is 4.79 Å². The van der Waals surface area contributed by atoms with Crippen molar-refractivity contribution >= 4 is 29.3 Å². The number of aliphatic hydroxyl groups is 1. The highest BCUT2D eigenvalue weighted by Crippen LogP contribution is 2.26. The smallest absolute Gasteiger partial charge is 0.233 e. The zero-order chi connectivity index (χ0) is 14.5. The molecule has 1 amide bonds. The molecule has 0 heterocycles. The third-order valence-electron chi connectivity index (χ3n) is 3.65. The molecule has 3 atom stereocenters. The molecule has 1 aromatic carbocycles.